The first-order chi connectivity index (χ1) is 29.0. The Morgan fingerprint density at radius 1 is 0.817 bits per heavy atom. The predicted octanol–water partition coefficient (Wildman–Crippen LogP) is 6.86. The molecule has 0 spiro atoms. The molecule has 0 fully saturated rings. The molecule has 6 aromatic rings. The largest absolute Gasteiger partial charge is 0.670 e. The van der Waals surface area contributed by atoms with Gasteiger partial charge in [-0.2, -0.15) is 12.4 Å². The van der Waals surface area contributed by atoms with Crippen LogP contribution in [0.2, 0.25) is 0 Å². The van der Waals surface area contributed by atoms with Crippen LogP contribution in [0.25, 0.3) is 10.8 Å². The van der Waals surface area contributed by atoms with Gasteiger partial charge in [0.15, 0.2) is 28.8 Å². The van der Waals surface area contributed by atoms with E-state index in [0.717, 1.165) is 39.4 Å². The normalized spacial score (nSPS) is 18.7. The number of rotatable bonds is 16. The zero-order valence-corrected chi connectivity index (χ0v) is 34.4. The lowest BCUT2D eigenvalue weighted by molar-refractivity contribution is -0.136. The minimum atomic E-state index is -1.66. The van der Waals surface area contributed by atoms with Gasteiger partial charge in [-0.15, -0.1) is 0 Å². The first-order valence-corrected chi connectivity index (χ1v) is 20.4. The van der Waals surface area contributed by atoms with Crippen LogP contribution < -0.4 is 19.8 Å². The van der Waals surface area contributed by atoms with Crippen molar-refractivity contribution in [2.24, 2.45) is 11.8 Å². The van der Waals surface area contributed by atoms with Gasteiger partial charge in [-0.25, -0.2) is 0 Å². The Kier molecular flexibility index (Phi) is 12.7. The van der Waals surface area contributed by atoms with Crippen molar-refractivity contribution in [1.29, 1.82) is 0 Å². The van der Waals surface area contributed by atoms with Crippen LogP contribution in [0.15, 0.2) is 116 Å². The van der Waals surface area contributed by atoms with Crippen molar-refractivity contribution in [3.63, 3.8) is 0 Å². The summed E-state index contributed by atoms with van der Waals surface area (Å²) in [4.78, 5) is 19.8. The number of aliphatic hydroxyl groups is 2. The Balaban J connectivity index is 1.33. The van der Waals surface area contributed by atoms with Gasteiger partial charge in [-0.3, -0.25) is 4.79 Å². The Hall–Kier alpha value is -6.07. The van der Waals surface area contributed by atoms with Crippen LogP contribution in [0.1, 0.15) is 51.4 Å². The first-order valence-electron chi connectivity index (χ1n) is 20.4. The number of methoxy groups -OCH3 is 2. The van der Waals surface area contributed by atoms with Gasteiger partial charge in [0.25, 0.3) is 0 Å². The second kappa shape index (κ2) is 18.0. The summed E-state index contributed by atoms with van der Waals surface area (Å²) in [6.45, 7) is 2.51. The standard InChI is InChI=1S/C50H53N2O8/c1-5-33-11-12-34-8-6-7-9-39(34)41(33)26-42-35(13-16-44(55)48(42)60-4)24-36(20-31-18-19-52-29-31)47(57)40-14-17-46(56)50(49(40)58,27-30-10-15-43(54)45(23-30)59-3)37-21-32(28-51-2)22-38(53)25-37/h6-19,21-23,25,29,36,40,46-47,51,53-57H,5,20,24,26-28H2,1-4H3/q-1. The maximum absolute atomic E-state index is 15.5. The Labute approximate surface area is 350 Å². The molecule has 5 unspecified atom stereocenters. The third-order valence-corrected chi connectivity index (χ3v) is 12.2. The molecule has 1 aliphatic carbocycles. The second-order valence-electron chi connectivity index (χ2n) is 15.8. The molecule has 312 valence electrons. The number of nitrogens with zero attached hydrogens (tertiary/aromatic N) is 1. The molecule has 0 saturated carbocycles. The molecule has 10 heteroatoms. The number of benzene rings is 5. The number of ether oxygens (including phenoxy) is 2. The number of carbonyl (C=O) groups excluding carboxylic acids is 1. The molecule has 5 atom stereocenters. The van der Waals surface area contributed by atoms with E-state index in [4.69, 9.17) is 9.47 Å². The summed E-state index contributed by atoms with van der Waals surface area (Å²) in [5.41, 5.74) is 4.85. The van der Waals surface area contributed by atoms with Crippen molar-refractivity contribution >= 4 is 16.6 Å². The number of hydrogen-bond donors (Lipinski definition) is 6. The molecule has 0 radical (unpaired) electrons. The van der Waals surface area contributed by atoms with Gasteiger partial charge in [0.1, 0.15) is 5.75 Å². The number of aliphatic hydroxyl groups excluding tert-OH is 2. The number of aromatic hydroxyl groups is 3. The van der Waals surface area contributed by atoms with E-state index >= 15 is 4.79 Å². The molecule has 1 aliphatic rings. The molecule has 60 heavy (non-hydrogen) atoms. The number of nitrogens with one attached hydrogen (secondary N) is 1. The van der Waals surface area contributed by atoms with Crippen LogP contribution in [-0.2, 0) is 48.9 Å². The molecule has 5 aromatic carbocycles. The quantitative estimate of drug-likeness (QED) is 0.0570. The predicted molar refractivity (Wildman–Crippen MR) is 232 cm³/mol. The molecule has 0 bridgehead atoms. The Morgan fingerprint density at radius 2 is 1.60 bits per heavy atom. The zero-order chi connectivity index (χ0) is 42.6. The third-order valence-electron chi connectivity index (χ3n) is 12.2. The highest BCUT2D eigenvalue weighted by Gasteiger charge is 2.52. The molecule has 0 saturated heterocycles. The topological polar surface area (TPSA) is 163 Å². The van der Waals surface area contributed by atoms with Crippen molar-refractivity contribution in [2.45, 2.75) is 63.2 Å². The van der Waals surface area contributed by atoms with Crippen molar-refractivity contribution in [3.8, 4) is 28.7 Å². The summed E-state index contributed by atoms with van der Waals surface area (Å²) in [5, 5.41) is 62.7. The molecule has 0 amide bonds. The lowest BCUT2D eigenvalue weighted by Gasteiger charge is -2.43. The van der Waals surface area contributed by atoms with Crippen molar-refractivity contribution in [3.05, 3.63) is 160 Å². The monoisotopic (exact) mass is 809 g/mol. The molecule has 7 rings (SSSR count). The van der Waals surface area contributed by atoms with E-state index in [1.165, 1.54) is 31.9 Å². The van der Waals surface area contributed by atoms with Crippen LogP contribution in [0.5, 0.6) is 28.7 Å². The number of Topliss-reactive ketones (excluding diaryl/α,β-unsaturated/α-hetero) is 1. The Morgan fingerprint density at radius 3 is 2.33 bits per heavy atom. The average molecular weight is 810 g/mol. The summed E-state index contributed by atoms with van der Waals surface area (Å²) in [7, 11) is 4.75. The second-order valence-corrected chi connectivity index (χ2v) is 15.8. The van der Waals surface area contributed by atoms with E-state index < -0.39 is 35.2 Å². The molecule has 1 heterocycles. The van der Waals surface area contributed by atoms with Crippen LogP contribution >= 0.6 is 0 Å². The van der Waals surface area contributed by atoms with Crippen LogP contribution in [0.4, 0.5) is 0 Å². The van der Waals surface area contributed by atoms with Crippen LogP contribution in [0, 0.1) is 11.8 Å². The van der Waals surface area contributed by atoms with Gasteiger partial charge in [0.2, 0.25) is 0 Å². The lowest BCUT2D eigenvalue weighted by atomic mass is 9.60. The number of carbonyl (C=O) groups is 1. The summed E-state index contributed by atoms with van der Waals surface area (Å²) in [6.07, 6.45) is 5.95. The first kappa shape index (κ1) is 42.1. The highest BCUT2D eigenvalue weighted by Crippen LogP contribution is 2.45. The summed E-state index contributed by atoms with van der Waals surface area (Å²) < 4.78 is 11.3. The number of phenols is 3. The minimum absolute atomic E-state index is 0.00523. The average Bonchev–Trinajstić information content (AvgIpc) is 3.77. The molecule has 10 nitrogen and oxygen atoms in total. The van der Waals surface area contributed by atoms with Gasteiger partial charge in [0.05, 0.1) is 37.8 Å². The molecular weight excluding hydrogens is 757 g/mol. The highest BCUT2D eigenvalue weighted by molar-refractivity contribution is 5.96. The number of aromatic nitrogens is 1. The number of hydrogen-bond acceptors (Lipinski definition) is 9. The third kappa shape index (κ3) is 8.23. The van der Waals surface area contributed by atoms with Crippen molar-refractivity contribution in [1.82, 2.24) is 10.3 Å². The van der Waals surface area contributed by atoms with Crippen LogP contribution in [-0.4, -0.2) is 64.8 Å². The van der Waals surface area contributed by atoms with Gasteiger partial charge < -0.3 is 45.3 Å². The molecule has 1 aromatic heterocycles. The van der Waals surface area contributed by atoms with E-state index in [1.54, 1.807) is 61.9 Å². The van der Waals surface area contributed by atoms with Gasteiger partial charge in [0, 0.05) is 18.5 Å². The van der Waals surface area contributed by atoms with E-state index in [2.05, 4.69) is 41.5 Å². The fourth-order valence-corrected chi connectivity index (χ4v) is 9.19. The number of fused-ring (bicyclic) bond motifs is 1. The smallest absolute Gasteiger partial charge is 0.164 e. The van der Waals surface area contributed by atoms with Gasteiger partial charge in [-0.05, 0) is 113 Å². The summed E-state index contributed by atoms with van der Waals surface area (Å²) >= 11 is 0. The van der Waals surface area contributed by atoms with E-state index in [1.807, 2.05) is 24.3 Å². The lowest BCUT2D eigenvalue weighted by Crippen LogP contribution is -2.55. The number of phenolic OH excluding ortho intramolecular Hbond substituents is 3. The minimum Gasteiger partial charge on any atom is -0.670 e. The van der Waals surface area contributed by atoms with E-state index in [0.29, 0.717) is 48.2 Å². The maximum atomic E-state index is 15.5. The van der Waals surface area contributed by atoms with Crippen molar-refractivity contribution in [2.75, 3.05) is 21.3 Å². The SMILES string of the molecule is CCc1ccc2ccccc2c1Cc1c(CC(Cc2cc[n-]c2)C(O)C2C=CC(O)C(Cc3ccc(O)c(OC)c3)(c3cc(O)cc(CNC)c3)C2=O)ccc(O)c1OC. The molecule has 0 aliphatic heterocycles. The number of aryl methyl sites for hydroxylation is 1. The fourth-order valence-electron chi connectivity index (χ4n) is 9.19. The summed E-state index contributed by atoms with van der Waals surface area (Å²) in [5.74, 6) is -1.63. The Bertz CT molecular complexity index is 2490. The van der Waals surface area contributed by atoms with Gasteiger partial charge in [-0.1, -0.05) is 85.3 Å². The summed E-state index contributed by atoms with van der Waals surface area (Å²) in [6, 6.07) is 27.6. The maximum Gasteiger partial charge on any atom is 0.164 e. The fraction of sp³-hybridized carbons (Fsp3) is 0.300. The van der Waals surface area contributed by atoms with E-state index in [9.17, 15) is 25.5 Å². The van der Waals surface area contributed by atoms with Crippen LogP contribution in [0.3, 0.4) is 0 Å². The van der Waals surface area contributed by atoms with Gasteiger partial charge >= 0.3 is 0 Å². The molecule has 6 N–H and O–H groups in total. The van der Waals surface area contributed by atoms with E-state index in [-0.39, 0.29) is 29.4 Å². The number of ketones is 1. The zero-order valence-electron chi connectivity index (χ0n) is 34.4. The van der Waals surface area contributed by atoms with Crippen molar-refractivity contribution < 1.29 is 39.8 Å². The highest BCUT2D eigenvalue weighted by atomic mass is 16.5. The molecular formula is C50H53N2O8-.